The first-order valence-electron chi connectivity index (χ1n) is 4.82. The van der Waals surface area contributed by atoms with E-state index in [0.29, 0.717) is 12.4 Å². The minimum Gasteiger partial charge on any atom is -0.507 e. The van der Waals surface area contributed by atoms with Crippen LogP contribution in [0, 0.1) is 13.8 Å². The van der Waals surface area contributed by atoms with Crippen LogP contribution in [0.15, 0.2) is 6.07 Å². The number of phenols is 1. The number of ether oxygens (including phenoxy) is 1. The summed E-state index contributed by atoms with van der Waals surface area (Å²) in [5.41, 5.74) is 8.65. The predicted molar refractivity (Wildman–Crippen MR) is 54.6 cm³/mol. The molecule has 0 spiro atoms. The molecule has 14 heavy (non-hydrogen) atoms. The fourth-order valence-corrected chi connectivity index (χ4v) is 1.90. The van der Waals surface area contributed by atoms with E-state index < -0.39 is 0 Å². The number of phenolic OH excluding ortho intramolecular Hbond substituents is 1. The number of benzene rings is 1. The lowest BCUT2D eigenvalue weighted by molar-refractivity contribution is 0.265. The molecule has 2 rings (SSSR count). The molecule has 1 aromatic carbocycles. The molecular formula is C11H15NO2. The van der Waals surface area contributed by atoms with Crippen LogP contribution in [0.2, 0.25) is 0 Å². The second-order valence-electron chi connectivity index (χ2n) is 3.83. The number of nitrogens with two attached hydrogens (primary N) is 1. The van der Waals surface area contributed by atoms with Gasteiger partial charge < -0.3 is 15.6 Å². The van der Waals surface area contributed by atoms with Crippen molar-refractivity contribution in [1.82, 2.24) is 0 Å². The normalized spacial score (nSPS) is 20.1. The van der Waals surface area contributed by atoms with Gasteiger partial charge in [-0.2, -0.15) is 0 Å². The van der Waals surface area contributed by atoms with Gasteiger partial charge in [-0.3, -0.25) is 0 Å². The summed E-state index contributed by atoms with van der Waals surface area (Å²) in [5.74, 6) is 1.09. The standard InChI is InChI=1S/C11H15NO2/c1-6-5-8-9(12)3-4-14-11(8)7(2)10(6)13/h5,9,13H,3-4,12H2,1-2H3. The van der Waals surface area contributed by atoms with Gasteiger partial charge in [-0.05, 0) is 25.5 Å². The maximum absolute atomic E-state index is 9.73. The Bertz CT molecular complexity index is 374. The summed E-state index contributed by atoms with van der Waals surface area (Å²) >= 11 is 0. The third-order valence-electron chi connectivity index (χ3n) is 2.78. The average Bonchev–Trinajstić information content (AvgIpc) is 2.17. The first kappa shape index (κ1) is 9.34. The lowest BCUT2D eigenvalue weighted by Gasteiger charge is -2.25. The highest BCUT2D eigenvalue weighted by atomic mass is 16.5. The van der Waals surface area contributed by atoms with Crippen molar-refractivity contribution in [3.63, 3.8) is 0 Å². The van der Waals surface area contributed by atoms with Crippen molar-refractivity contribution in [2.45, 2.75) is 26.3 Å². The molecule has 1 aliphatic heterocycles. The van der Waals surface area contributed by atoms with Crippen LogP contribution in [0.1, 0.15) is 29.2 Å². The van der Waals surface area contributed by atoms with E-state index in [0.717, 1.165) is 28.9 Å². The van der Waals surface area contributed by atoms with Gasteiger partial charge in [-0.15, -0.1) is 0 Å². The molecule has 0 fully saturated rings. The van der Waals surface area contributed by atoms with Crippen molar-refractivity contribution in [3.8, 4) is 11.5 Å². The summed E-state index contributed by atoms with van der Waals surface area (Å²) in [7, 11) is 0. The smallest absolute Gasteiger partial charge is 0.130 e. The summed E-state index contributed by atoms with van der Waals surface area (Å²) in [4.78, 5) is 0. The maximum atomic E-state index is 9.73. The molecule has 3 nitrogen and oxygen atoms in total. The highest BCUT2D eigenvalue weighted by Gasteiger charge is 2.22. The number of aryl methyl sites for hydroxylation is 1. The van der Waals surface area contributed by atoms with E-state index in [1.165, 1.54) is 0 Å². The van der Waals surface area contributed by atoms with Gasteiger partial charge in [0, 0.05) is 23.6 Å². The fourth-order valence-electron chi connectivity index (χ4n) is 1.90. The third kappa shape index (κ3) is 1.24. The van der Waals surface area contributed by atoms with Gasteiger partial charge in [-0.25, -0.2) is 0 Å². The van der Waals surface area contributed by atoms with Crippen LogP contribution < -0.4 is 10.5 Å². The zero-order chi connectivity index (χ0) is 10.3. The van der Waals surface area contributed by atoms with Crippen molar-refractivity contribution >= 4 is 0 Å². The molecule has 1 unspecified atom stereocenters. The molecular weight excluding hydrogens is 178 g/mol. The largest absolute Gasteiger partial charge is 0.507 e. The molecule has 3 N–H and O–H groups in total. The van der Waals surface area contributed by atoms with Gasteiger partial charge in [0.1, 0.15) is 11.5 Å². The lowest BCUT2D eigenvalue weighted by Crippen LogP contribution is -2.21. The number of hydrogen-bond acceptors (Lipinski definition) is 3. The first-order valence-corrected chi connectivity index (χ1v) is 4.82. The van der Waals surface area contributed by atoms with Crippen LogP contribution >= 0.6 is 0 Å². The van der Waals surface area contributed by atoms with E-state index in [-0.39, 0.29) is 6.04 Å². The Morgan fingerprint density at radius 1 is 1.50 bits per heavy atom. The minimum atomic E-state index is 0.0387. The van der Waals surface area contributed by atoms with Crippen molar-refractivity contribution in [1.29, 1.82) is 0 Å². The molecule has 0 amide bonds. The van der Waals surface area contributed by atoms with Crippen molar-refractivity contribution in [3.05, 3.63) is 22.8 Å². The van der Waals surface area contributed by atoms with Crippen LogP contribution in [-0.2, 0) is 0 Å². The monoisotopic (exact) mass is 193 g/mol. The third-order valence-corrected chi connectivity index (χ3v) is 2.78. The molecule has 0 bridgehead atoms. The van der Waals surface area contributed by atoms with Gasteiger partial charge in [-0.1, -0.05) is 0 Å². The lowest BCUT2D eigenvalue weighted by atomic mass is 9.95. The highest BCUT2D eigenvalue weighted by Crippen LogP contribution is 2.39. The van der Waals surface area contributed by atoms with Crippen LogP contribution in [0.25, 0.3) is 0 Å². The average molecular weight is 193 g/mol. The molecule has 1 atom stereocenters. The van der Waals surface area contributed by atoms with Crippen molar-refractivity contribution < 1.29 is 9.84 Å². The Kier molecular flexibility index (Phi) is 2.11. The molecule has 3 heteroatoms. The molecule has 1 aliphatic rings. The molecule has 0 aromatic heterocycles. The Balaban J connectivity index is 2.63. The van der Waals surface area contributed by atoms with E-state index in [9.17, 15) is 5.11 Å². The van der Waals surface area contributed by atoms with Gasteiger partial charge in [0.2, 0.25) is 0 Å². The van der Waals surface area contributed by atoms with Gasteiger partial charge in [0.25, 0.3) is 0 Å². The number of hydrogen-bond donors (Lipinski definition) is 2. The number of rotatable bonds is 0. The van der Waals surface area contributed by atoms with Crippen LogP contribution in [0.4, 0.5) is 0 Å². The van der Waals surface area contributed by atoms with E-state index in [1.54, 1.807) is 0 Å². The minimum absolute atomic E-state index is 0.0387. The Labute approximate surface area is 83.5 Å². The quantitative estimate of drug-likeness (QED) is 0.660. The van der Waals surface area contributed by atoms with Crippen LogP contribution in [-0.4, -0.2) is 11.7 Å². The summed E-state index contributed by atoms with van der Waals surface area (Å²) in [5, 5.41) is 9.73. The molecule has 1 heterocycles. The molecule has 0 radical (unpaired) electrons. The zero-order valence-electron chi connectivity index (χ0n) is 8.50. The van der Waals surface area contributed by atoms with E-state index in [2.05, 4.69) is 0 Å². The SMILES string of the molecule is Cc1cc2c(c(C)c1O)OCCC2N. The summed E-state index contributed by atoms with van der Waals surface area (Å²) < 4.78 is 5.52. The van der Waals surface area contributed by atoms with Gasteiger partial charge in [0.05, 0.1) is 6.61 Å². The van der Waals surface area contributed by atoms with E-state index >= 15 is 0 Å². The Hall–Kier alpha value is -1.22. The van der Waals surface area contributed by atoms with Crippen LogP contribution in [0.3, 0.4) is 0 Å². The van der Waals surface area contributed by atoms with Crippen molar-refractivity contribution in [2.75, 3.05) is 6.61 Å². The number of fused-ring (bicyclic) bond motifs is 1. The summed E-state index contributed by atoms with van der Waals surface area (Å²) in [6, 6.07) is 1.96. The van der Waals surface area contributed by atoms with E-state index in [4.69, 9.17) is 10.5 Å². The Morgan fingerprint density at radius 3 is 2.93 bits per heavy atom. The number of aromatic hydroxyl groups is 1. The summed E-state index contributed by atoms with van der Waals surface area (Å²) in [6.45, 7) is 4.38. The van der Waals surface area contributed by atoms with E-state index in [1.807, 2.05) is 19.9 Å². The van der Waals surface area contributed by atoms with Gasteiger partial charge in [0.15, 0.2) is 0 Å². The highest BCUT2D eigenvalue weighted by molar-refractivity contribution is 5.54. The summed E-state index contributed by atoms with van der Waals surface area (Å²) in [6.07, 6.45) is 0.844. The molecule has 0 saturated heterocycles. The first-order chi connectivity index (χ1) is 6.61. The second kappa shape index (κ2) is 3.17. The maximum Gasteiger partial charge on any atom is 0.130 e. The molecule has 0 saturated carbocycles. The van der Waals surface area contributed by atoms with Gasteiger partial charge >= 0.3 is 0 Å². The molecule has 0 aliphatic carbocycles. The fraction of sp³-hybridized carbons (Fsp3) is 0.455. The zero-order valence-corrected chi connectivity index (χ0v) is 8.50. The topological polar surface area (TPSA) is 55.5 Å². The second-order valence-corrected chi connectivity index (χ2v) is 3.83. The predicted octanol–water partition coefficient (Wildman–Crippen LogP) is 1.79. The van der Waals surface area contributed by atoms with Crippen LogP contribution in [0.5, 0.6) is 11.5 Å². The Morgan fingerprint density at radius 2 is 2.21 bits per heavy atom. The molecule has 76 valence electrons. The molecule has 1 aromatic rings. The van der Waals surface area contributed by atoms with Crippen molar-refractivity contribution in [2.24, 2.45) is 5.73 Å².